The van der Waals surface area contributed by atoms with Gasteiger partial charge in [0.2, 0.25) is 0 Å². The second-order valence-electron chi connectivity index (χ2n) is 25.8. The van der Waals surface area contributed by atoms with Crippen LogP contribution < -0.4 is 0 Å². The maximum absolute atomic E-state index is 15.5. The molecule has 8 aliphatic rings. The lowest BCUT2D eigenvalue weighted by atomic mass is 9.33. The van der Waals surface area contributed by atoms with Crippen molar-refractivity contribution in [2.24, 2.45) is 56.7 Å². The minimum Gasteiger partial charge on any atom is -0.396 e. The van der Waals surface area contributed by atoms with Crippen LogP contribution in [-0.4, -0.2) is 80.2 Å². The number of nitrogens with zero attached hydrogens (tertiary/aromatic N) is 1. The van der Waals surface area contributed by atoms with Crippen LogP contribution in [0.3, 0.4) is 0 Å². The van der Waals surface area contributed by atoms with E-state index in [0.29, 0.717) is 62.7 Å². The molecule has 4 saturated carbocycles. The summed E-state index contributed by atoms with van der Waals surface area (Å²) in [4.78, 5) is 34.4. The number of hydrogen-bond acceptors (Lipinski definition) is 7. The van der Waals surface area contributed by atoms with E-state index in [-0.39, 0.29) is 47.6 Å². The number of carbonyl (C=O) groups is 2. The maximum Gasteiger partial charge on any atom is 0.160 e. The topological polar surface area (TPSA) is 137 Å². The molecule has 4 N–H and O–H groups in total. The Balaban J connectivity index is 1.07. The molecule has 370 valence electrons. The number of ketones is 2. The lowest BCUT2D eigenvalue weighted by Gasteiger charge is -2.71. The normalized spacial score (nSPS) is 39.8. The van der Waals surface area contributed by atoms with E-state index in [1.807, 2.05) is 13.8 Å². The first-order valence-electron chi connectivity index (χ1n) is 27.1. The van der Waals surface area contributed by atoms with Gasteiger partial charge < -0.3 is 34.3 Å². The third-order valence-corrected chi connectivity index (χ3v) is 21.5. The lowest BCUT2D eigenvalue weighted by Crippen LogP contribution is -2.69. The van der Waals surface area contributed by atoms with Crippen LogP contribution in [0.1, 0.15) is 172 Å². The molecule has 12 unspecified atom stereocenters. The number of rotatable bonds is 10. The fraction of sp³-hybridized carbons (Fsp3) is 0.729. The van der Waals surface area contributed by atoms with Crippen LogP contribution in [0, 0.1) is 63.6 Å². The predicted octanol–water partition coefficient (Wildman–Crippen LogP) is 10.5. The van der Waals surface area contributed by atoms with Crippen LogP contribution in [0.15, 0.2) is 41.7 Å². The van der Waals surface area contributed by atoms with Gasteiger partial charge in [-0.05, 0) is 166 Å². The molecule has 0 spiro atoms. The molecule has 68 heavy (non-hydrogen) atoms. The molecule has 12 atom stereocenters. The summed E-state index contributed by atoms with van der Waals surface area (Å²) in [6.07, 6.45) is 16.1. The Kier molecular flexibility index (Phi) is 11.5. The fourth-order valence-electron chi connectivity index (χ4n) is 18.3. The molecule has 3 aliphatic heterocycles. The van der Waals surface area contributed by atoms with Crippen molar-refractivity contribution in [3.05, 3.63) is 69.6 Å². The molecule has 9 heteroatoms. The summed E-state index contributed by atoms with van der Waals surface area (Å²) in [5.41, 5.74) is 7.90. The van der Waals surface area contributed by atoms with E-state index in [2.05, 4.69) is 81.7 Å². The highest BCUT2D eigenvalue weighted by Gasteiger charge is 2.74. The van der Waals surface area contributed by atoms with Crippen molar-refractivity contribution in [3.8, 4) is 0 Å². The zero-order valence-electron chi connectivity index (χ0n) is 42.6. The van der Waals surface area contributed by atoms with Gasteiger partial charge in [-0.25, -0.2) is 0 Å². The summed E-state index contributed by atoms with van der Waals surface area (Å²) in [5.74, 6) is 0.872. The summed E-state index contributed by atoms with van der Waals surface area (Å²) in [6.45, 7) is 20.3. The number of carbonyl (C=O) groups excluding carboxylic acids is 2. The number of Topliss-reactive ketones (excluding diaryl/α,β-unsaturated/α-hetero) is 2. The van der Waals surface area contributed by atoms with Gasteiger partial charge in [-0.3, -0.25) is 9.59 Å². The number of aromatic amines is 1. The molecule has 0 bridgehead atoms. The highest BCUT2D eigenvalue weighted by Crippen LogP contribution is 2.77. The first-order valence-corrected chi connectivity index (χ1v) is 27.1. The van der Waals surface area contributed by atoms with Gasteiger partial charge in [0.05, 0.1) is 28.8 Å². The molecule has 3 aromatic rings. The minimum atomic E-state index is -0.766. The molecule has 0 radical (unpaired) electrons. The monoisotopic (exact) mass is 931 g/mol. The minimum absolute atomic E-state index is 0.0698. The molecular weight excluding hydrogens is 849 g/mol. The average molecular weight is 931 g/mol. The highest BCUT2D eigenvalue weighted by molar-refractivity contribution is 6.02. The van der Waals surface area contributed by atoms with Crippen LogP contribution in [0.4, 0.5) is 0 Å². The Morgan fingerprint density at radius 2 is 1.69 bits per heavy atom. The number of hydrogen-bond donors (Lipinski definition) is 4. The van der Waals surface area contributed by atoms with Gasteiger partial charge in [0.15, 0.2) is 5.78 Å². The Hall–Kier alpha value is -3.08. The molecule has 2 aromatic heterocycles. The number of epoxide rings is 1. The van der Waals surface area contributed by atoms with Gasteiger partial charge in [-0.1, -0.05) is 71.2 Å². The molecule has 11 rings (SSSR count). The van der Waals surface area contributed by atoms with Crippen molar-refractivity contribution in [2.75, 3.05) is 19.8 Å². The zero-order valence-corrected chi connectivity index (χ0v) is 42.6. The third-order valence-electron chi connectivity index (χ3n) is 21.5. The van der Waals surface area contributed by atoms with Gasteiger partial charge in [0.1, 0.15) is 11.9 Å². The molecule has 5 heterocycles. The van der Waals surface area contributed by atoms with Crippen LogP contribution >= 0.6 is 0 Å². The second kappa shape index (κ2) is 16.5. The molecular formula is C59H82N2O7. The van der Waals surface area contributed by atoms with E-state index in [0.717, 1.165) is 94.1 Å². The van der Waals surface area contributed by atoms with Gasteiger partial charge in [-0.15, -0.1) is 0 Å². The number of allylic oxidation sites excluding steroid dienone is 1. The smallest absolute Gasteiger partial charge is 0.160 e. The SMILES string of the molecule is Cc1cc(Cc2cn3c4c(c[nH]c24)CCC(C)(CC(O)C2OC2(C)C)C2=C4C(C3)C(O)C3C5(C)CC(CCCO)C(=O)C(C)(C6CCCC6)C5CCC3(C)C4(C)CC2=O)cc(C2CCOCC2)c1. The number of aliphatic hydroxyl groups excluding tert-OH is 3. The Morgan fingerprint density at radius 3 is 2.40 bits per heavy atom. The van der Waals surface area contributed by atoms with Crippen molar-refractivity contribution in [1.29, 1.82) is 0 Å². The molecule has 5 aliphatic carbocycles. The van der Waals surface area contributed by atoms with Crippen molar-refractivity contribution in [3.63, 3.8) is 0 Å². The van der Waals surface area contributed by atoms with Crippen molar-refractivity contribution >= 4 is 22.6 Å². The summed E-state index contributed by atoms with van der Waals surface area (Å²) in [5, 5.41) is 36.2. The average Bonchev–Trinajstić information content (AvgIpc) is 3.84. The zero-order chi connectivity index (χ0) is 47.9. The number of H-pyrrole nitrogens is 1. The van der Waals surface area contributed by atoms with E-state index in [9.17, 15) is 15.3 Å². The molecule has 0 amide bonds. The molecule has 2 saturated heterocycles. The number of fused-ring (bicyclic) bond motifs is 4. The predicted molar refractivity (Wildman–Crippen MR) is 265 cm³/mol. The quantitative estimate of drug-likeness (QED) is 0.149. The summed E-state index contributed by atoms with van der Waals surface area (Å²) >= 11 is 0. The van der Waals surface area contributed by atoms with Crippen LogP contribution in [-0.2, 0) is 38.4 Å². The standard InChI is InChI=1S/C59H82N2O7/c1-34-24-35(26-39(25-34)36-17-22-67-23-18-36)27-40-32-61-33-42-46-47(55(4,29-44(64)53-54(2,3)68-53)19-15-38-31-60-48(40)49(38)61)43(63)30-58(46,7)57(6)20-16-45-56(5,51(57)50(42)65)28-37(12-11-21-62)52(66)59(45,8)41-13-9-10-14-41/h24-26,31-32,36-37,41-42,44-45,50-51,53,60,62,64-65H,9-23,27-30,33H2,1-8H3. The van der Waals surface area contributed by atoms with E-state index < -0.39 is 39.5 Å². The van der Waals surface area contributed by atoms with Crippen molar-refractivity contribution in [1.82, 2.24) is 9.55 Å². The number of aryl methyl sites for hydroxylation is 2. The van der Waals surface area contributed by atoms with Crippen LogP contribution in [0.5, 0.6) is 0 Å². The van der Waals surface area contributed by atoms with Gasteiger partial charge >= 0.3 is 0 Å². The number of nitrogens with one attached hydrogen (secondary N) is 1. The summed E-state index contributed by atoms with van der Waals surface area (Å²) < 4.78 is 14.3. The molecule has 6 fully saturated rings. The third kappa shape index (κ3) is 6.98. The summed E-state index contributed by atoms with van der Waals surface area (Å²) in [6, 6.07) is 7.12. The number of benzene rings is 1. The van der Waals surface area contributed by atoms with E-state index in [1.54, 1.807) is 0 Å². The van der Waals surface area contributed by atoms with Gasteiger partial charge in [0, 0.05) is 79.8 Å². The van der Waals surface area contributed by atoms with Crippen LogP contribution in [0.25, 0.3) is 11.0 Å². The Morgan fingerprint density at radius 1 is 0.956 bits per heavy atom. The lowest BCUT2D eigenvalue weighted by molar-refractivity contribution is -0.233. The molecule has 9 nitrogen and oxygen atoms in total. The van der Waals surface area contributed by atoms with Crippen molar-refractivity contribution in [2.45, 2.75) is 194 Å². The number of ether oxygens (including phenoxy) is 2. The summed E-state index contributed by atoms with van der Waals surface area (Å²) in [7, 11) is 0. The van der Waals surface area contributed by atoms with E-state index in [4.69, 9.17) is 9.47 Å². The first kappa shape index (κ1) is 47.3. The molecule has 1 aromatic carbocycles. The van der Waals surface area contributed by atoms with E-state index >= 15 is 9.59 Å². The second-order valence-corrected chi connectivity index (χ2v) is 25.8. The largest absolute Gasteiger partial charge is 0.396 e. The van der Waals surface area contributed by atoms with Gasteiger partial charge in [0.25, 0.3) is 0 Å². The number of aliphatic hydroxyl groups is 3. The van der Waals surface area contributed by atoms with Crippen molar-refractivity contribution < 1.29 is 34.4 Å². The Bertz CT molecular complexity index is 2520. The van der Waals surface area contributed by atoms with Crippen LogP contribution in [0.2, 0.25) is 0 Å². The Labute approximate surface area is 405 Å². The maximum atomic E-state index is 15.5. The number of aromatic nitrogens is 2. The highest BCUT2D eigenvalue weighted by atomic mass is 16.6. The fourth-order valence-corrected chi connectivity index (χ4v) is 18.3. The first-order chi connectivity index (χ1) is 32.3. The van der Waals surface area contributed by atoms with E-state index in [1.165, 1.54) is 33.3 Å². The van der Waals surface area contributed by atoms with Gasteiger partial charge in [-0.2, -0.15) is 0 Å².